The average Bonchev–Trinajstić information content (AvgIpc) is 2.91. The van der Waals surface area contributed by atoms with Crippen LogP contribution in [-0.2, 0) is 17.6 Å². The summed E-state index contributed by atoms with van der Waals surface area (Å²) in [5.41, 5.74) is 2.63. The van der Waals surface area contributed by atoms with Crippen molar-refractivity contribution in [2.75, 3.05) is 52.4 Å². The number of rotatable bonds is 16. The van der Waals surface area contributed by atoms with Crippen LogP contribution < -0.4 is 29.6 Å². The van der Waals surface area contributed by atoms with Gasteiger partial charge in [0.1, 0.15) is 24.2 Å². The van der Waals surface area contributed by atoms with Crippen molar-refractivity contribution in [3.8, 4) is 23.0 Å². The number of aliphatic hydroxyl groups excluding tert-OH is 2. The number of carbonyl (C=O) groups is 1. The molecule has 1 heterocycles. The fourth-order valence-electron chi connectivity index (χ4n) is 4.23. The Morgan fingerprint density at radius 2 is 1.73 bits per heavy atom. The number of fused-ring (bicyclic) bond motifs is 1. The van der Waals surface area contributed by atoms with E-state index in [1.807, 2.05) is 24.3 Å². The second-order valence-corrected chi connectivity index (χ2v) is 9.35. The van der Waals surface area contributed by atoms with E-state index in [1.165, 1.54) is 0 Å². The van der Waals surface area contributed by atoms with Gasteiger partial charge in [0, 0.05) is 25.1 Å². The van der Waals surface area contributed by atoms with Gasteiger partial charge in [0.05, 0.1) is 26.5 Å². The fourth-order valence-corrected chi connectivity index (χ4v) is 4.23. The fraction of sp³-hybridized carbons (Fsp3) is 0.536. The molecule has 0 aromatic heterocycles. The van der Waals surface area contributed by atoms with Gasteiger partial charge in [0.2, 0.25) is 5.91 Å². The van der Waals surface area contributed by atoms with Crippen LogP contribution in [0.4, 0.5) is 5.69 Å². The maximum atomic E-state index is 12.1. The summed E-state index contributed by atoms with van der Waals surface area (Å²) in [6.07, 6.45) is 2.61. The zero-order valence-electron chi connectivity index (χ0n) is 22.0. The number of methoxy groups -OCH3 is 2. The lowest BCUT2D eigenvalue weighted by Gasteiger charge is -2.24. The van der Waals surface area contributed by atoms with Crippen molar-refractivity contribution < 1.29 is 34.0 Å². The lowest BCUT2D eigenvalue weighted by atomic mass is 10.0. The van der Waals surface area contributed by atoms with E-state index >= 15 is 0 Å². The first-order chi connectivity index (χ1) is 17.9. The number of carbonyl (C=O) groups excluding carboxylic acids is 1. The second-order valence-electron chi connectivity index (χ2n) is 9.35. The Morgan fingerprint density at radius 3 is 2.49 bits per heavy atom. The van der Waals surface area contributed by atoms with E-state index in [2.05, 4.69) is 17.6 Å². The molecule has 0 saturated carbocycles. The molecule has 9 heteroatoms. The summed E-state index contributed by atoms with van der Waals surface area (Å²) in [5, 5.41) is 25.6. The molecule has 37 heavy (non-hydrogen) atoms. The maximum Gasteiger partial charge on any atom is 0.224 e. The van der Waals surface area contributed by atoms with Gasteiger partial charge in [-0.05, 0) is 68.0 Å². The number of ether oxygens (including phenoxy) is 4. The second kappa shape index (κ2) is 14.7. The average molecular weight is 517 g/mol. The van der Waals surface area contributed by atoms with Crippen LogP contribution in [0.3, 0.4) is 0 Å². The Hall–Kier alpha value is -3.01. The van der Waals surface area contributed by atoms with Crippen LogP contribution >= 0.6 is 0 Å². The van der Waals surface area contributed by atoms with Crippen LogP contribution in [0.5, 0.6) is 23.0 Å². The Balaban J connectivity index is 1.49. The highest BCUT2D eigenvalue weighted by atomic mass is 16.5. The molecule has 204 valence electrons. The third kappa shape index (κ3) is 8.52. The van der Waals surface area contributed by atoms with Crippen molar-refractivity contribution in [1.82, 2.24) is 5.32 Å². The van der Waals surface area contributed by atoms with Crippen LogP contribution in [0.1, 0.15) is 37.3 Å². The number of anilines is 1. The predicted molar refractivity (Wildman–Crippen MR) is 142 cm³/mol. The minimum atomic E-state index is -0.692. The van der Waals surface area contributed by atoms with Crippen molar-refractivity contribution in [2.24, 2.45) is 5.92 Å². The molecule has 1 aliphatic heterocycles. The topological polar surface area (TPSA) is 119 Å². The number of hydrogen-bond acceptors (Lipinski definition) is 8. The molecule has 0 fully saturated rings. The first kappa shape index (κ1) is 28.6. The molecular formula is C28H40N2O7. The molecule has 0 bridgehead atoms. The lowest BCUT2D eigenvalue weighted by Crippen LogP contribution is -2.32. The van der Waals surface area contributed by atoms with Gasteiger partial charge in [0.15, 0.2) is 11.5 Å². The van der Waals surface area contributed by atoms with Crippen molar-refractivity contribution in [3.05, 3.63) is 41.5 Å². The van der Waals surface area contributed by atoms with Gasteiger partial charge < -0.3 is 39.8 Å². The Morgan fingerprint density at radius 1 is 1.00 bits per heavy atom. The monoisotopic (exact) mass is 516 g/mol. The largest absolute Gasteiger partial charge is 0.493 e. The van der Waals surface area contributed by atoms with Crippen LogP contribution in [-0.4, -0.2) is 69.4 Å². The van der Waals surface area contributed by atoms with E-state index in [0.29, 0.717) is 61.2 Å². The summed E-state index contributed by atoms with van der Waals surface area (Å²) in [6.45, 7) is 3.94. The molecule has 2 unspecified atom stereocenters. The molecule has 9 nitrogen and oxygen atoms in total. The molecule has 1 amide bonds. The summed E-state index contributed by atoms with van der Waals surface area (Å²) < 4.78 is 22.6. The zero-order valence-corrected chi connectivity index (χ0v) is 22.0. The van der Waals surface area contributed by atoms with E-state index in [-0.39, 0.29) is 25.0 Å². The van der Waals surface area contributed by atoms with Crippen LogP contribution in [0.2, 0.25) is 0 Å². The molecule has 0 radical (unpaired) electrons. The minimum Gasteiger partial charge on any atom is -0.493 e. The van der Waals surface area contributed by atoms with Gasteiger partial charge in [0.25, 0.3) is 0 Å². The molecule has 3 rings (SSSR count). The third-order valence-corrected chi connectivity index (χ3v) is 6.33. The number of aliphatic hydroxyl groups is 2. The smallest absolute Gasteiger partial charge is 0.224 e. The standard InChI is InChI=1S/C28H40N2O7/c1-19(5-4-14-31)17-36-25-10-9-23(22-7-11-27(33)30-28(22)25)37-18-21(32)16-29-13-12-20-6-8-24(34-2)26(15-20)35-3/h6,8-10,15,19,21,29,31-32H,4-5,7,11-14,16-18H2,1-3H3,(H,30,33). The summed E-state index contributed by atoms with van der Waals surface area (Å²) in [7, 11) is 3.23. The Kier molecular flexibility index (Phi) is 11.3. The summed E-state index contributed by atoms with van der Waals surface area (Å²) in [6, 6.07) is 9.46. The predicted octanol–water partition coefficient (Wildman–Crippen LogP) is 2.95. The lowest BCUT2D eigenvalue weighted by molar-refractivity contribution is -0.116. The number of amides is 1. The van der Waals surface area contributed by atoms with E-state index in [4.69, 9.17) is 24.1 Å². The molecule has 1 aliphatic rings. The van der Waals surface area contributed by atoms with Crippen LogP contribution in [0, 0.1) is 5.92 Å². The van der Waals surface area contributed by atoms with Crippen molar-refractivity contribution in [3.63, 3.8) is 0 Å². The van der Waals surface area contributed by atoms with Crippen molar-refractivity contribution in [2.45, 2.75) is 45.1 Å². The quantitative estimate of drug-likeness (QED) is 0.252. The van der Waals surface area contributed by atoms with E-state index in [1.54, 1.807) is 20.3 Å². The van der Waals surface area contributed by atoms with E-state index in [0.717, 1.165) is 30.4 Å². The Labute approximate surface area is 219 Å². The molecule has 2 atom stereocenters. The third-order valence-electron chi connectivity index (χ3n) is 6.33. The van der Waals surface area contributed by atoms with E-state index in [9.17, 15) is 9.90 Å². The van der Waals surface area contributed by atoms with Gasteiger partial charge in [-0.25, -0.2) is 0 Å². The van der Waals surface area contributed by atoms with Crippen LogP contribution in [0.25, 0.3) is 0 Å². The van der Waals surface area contributed by atoms with Crippen molar-refractivity contribution >= 4 is 11.6 Å². The molecule has 4 N–H and O–H groups in total. The highest BCUT2D eigenvalue weighted by Gasteiger charge is 2.23. The van der Waals surface area contributed by atoms with Crippen molar-refractivity contribution in [1.29, 1.82) is 0 Å². The van der Waals surface area contributed by atoms with Gasteiger partial charge >= 0.3 is 0 Å². The number of hydrogen-bond donors (Lipinski definition) is 4. The first-order valence-corrected chi connectivity index (χ1v) is 12.9. The zero-order chi connectivity index (χ0) is 26.6. The maximum absolute atomic E-state index is 12.1. The summed E-state index contributed by atoms with van der Waals surface area (Å²) >= 11 is 0. The summed E-state index contributed by atoms with van der Waals surface area (Å²) in [4.78, 5) is 12.1. The van der Waals surface area contributed by atoms with Gasteiger partial charge in [-0.3, -0.25) is 4.79 Å². The molecule has 0 saturated heterocycles. The van der Waals surface area contributed by atoms with Gasteiger partial charge in [-0.1, -0.05) is 13.0 Å². The van der Waals surface area contributed by atoms with E-state index < -0.39 is 6.10 Å². The van der Waals surface area contributed by atoms with Gasteiger partial charge in [-0.15, -0.1) is 0 Å². The molecule has 0 spiro atoms. The molecule has 0 aliphatic carbocycles. The molecule has 2 aromatic carbocycles. The number of nitrogens with one attached hydrogen (secondary N) is 2. The molecule has 2 aromatic rings. The SMILES string of the molecule is COc1ccc(CCNCC(O)COc2ccc(OCC(C)CCCO)c3c2CCC(=O)N3)cc1OC. The number of benzene rings is 2. The normalized spacial score (nSPS) is 14.4. The Bertz CT molecular complexity index is 1010. The van der Waals surface area contributed by atoms with Crippen LogP contribution in [0.15, 0.2) is 30.3 Å². The summed E-state index contributed by atoms with van der Waals surface area (Å²) in [5.74, 6) is 2.87. The molecular weight excluding hydrogens is 476 g/mol. The van der Waals surface area contributed by atoms with Gasteiger partial charge in [-0.2, -0.15) is 0 Å². The first-order valence-electron chi connectivity index (χ1n) is 12.9. The highest BCUT2D eigenvalue weighted by molar-refractivity contribution is 5.96. The minimum absolute atomic E-state index is 0.0541. The highest BCUT2D eigenvalue weighted by Crippen LogP contribution is 2.39.